The lowest BCUT2D eigenvalue weighted by Gasteiger charge is -2.04. The molecule has 0 aromatic carbocycles. The van der Waals surface area contributed by atoms with Gasteiger partial charge in [-0.3, -0.25) is 4.79 Å². The Bertz CT molecular complexity index is 675. The summed E-state index contributed by atoms with van der Waals surface area (Å²) in [5.74, 6) is -0.553. The average molecular weight is 306 g/mol. The fraction of sp³-hybridized carbons (Fsp3) is 0.231. The van der Waals surface area contributed by atoms with Crippen LogP contribution in [0.15, 0.2) is 24.5 Å². The Morgan fingerprint density at radius 1 is 1.48 bits per heavy atom. The highest BCUT2D eigenvalue weighted by molar-refractivity contribution is 7.14. The number of nitrogens with one attached hydrogen (secondary N) is 1. The van der Waals surface area contributed by atoms with Crippen LogP contribution < -0.4 is 5.32 Å². The molecule has 21 heavy (non-hydrogen) atoms. The number of amides is 1. The molecular weight excluding hydrogens is 292 g/mol. The van der Waals surface area contributed by atoms with Crippen LogP contribution in [0.5, 0.6) is 0 Å². The number of hydrogen-bond donors (Lipinski definition) is 2. The molecule has 2 rings (SSSR count). The summed E-state index contributed by atoms with van der Waals surface area (Å²) in [5, 5.41) is 19.0. The van der Waals surface area contributed by atoms with Crippen molar-refractivity contribution in [2.24, 2.45) is 0 Å². The lowest BCUT2D eigenvalue weighted by Crippen LogP contribution is -2.23. The first-order chi connectivity index (χ1) is 10.1. The number of aryl methyl sites for hydroxylation is 1. The zero-order chi connectivity index (χ0) is 15.2. The van der Waals surface area contributed by atoms with Crippen molar-refractivity contribution in [2.75, 3.05) is 0 Å². The monoisotopic (exact) mass is 306 g/mol. The van der Waals surface area contributed by atoms with Gasteiger partial charge in [0.1, 0.15) is 6.33 Å². The second-order valence-corrected chi connectivity index (χ2v) is 5.20. The standard InChI is InChI=1S/C13H14N4O3S/c1-2-17-8-15-16-11(17)7-14-13(20)10-5-3-9(21-10)4-6-12(18)19/h3-6,8H,2,7H2,1H3,(H,14,20)(H,18,19)/b6-4+. The highest BCUT2D eigenvalue weighted by Gasteiger charge is 2.10. The molecule has 2 N–H and O–H groups in total. The van der Waals surface area contributed by atoms with Crippen LogP contribution in [-0.4, -0.2) is 31.7 Å². The summed E-state index contributed by atoms with van der Waals surface area (Å²) in [5.41, 5.74) is 0. The van der Waals surface area contributed by atoms with Crippen LogP contribution >= 0.6 is 11.3 Å². The van der Waals surface area contributed by atoms with Gasteiger partial charge in [-0.05, 0) is 25.1 Å². The maximum absolute atomic E-state index is 12.0. The lowest BCUT2D eigenvalue weighted by molar-refractivity contribution is -0.131. The number of aromatic nitrogens is 3. The van der Waals surface area contributed by atoms with Crippen LogP contribution in [0, 0.1) is 0 Å². The van der Waals surface area contributed by atoms with E-state index in [1.807, 2.05) is 11.5 Å². The van der Waals surface area contributed by atoms with E-state index >= 15 is 0 Å². The third kappa shape index (κ3) is 3.99. The van der Waals surface area contributed by atoms with Crippen LogP contribution in [0.1, 0.15) is 27.3 Å². The van der Waals surface area contributed by atoms with Gasteiger partial charge in [0.2, 0.25) is 0 Å². The first-order valence-corrected chi connectivity index (χ1v) is 7.07. The largest absolute Gasteiger partial charge is 0.478 e. The van der Waals surface area contributed by atoms with E-state index in [1.54, 1.807) is 18.5 Å². The van der Waals surface area contributed by atoms with Crippen molar-refractivity contribution in [3.05, 3.63) is 40.1 Å². The van der Waals surface area contributed by atoms with Gasteiger partial charge in [-0.25, -0.2) is 4.79 Å². The Morgan fingerprint density at radius 3 is 3.00 bits per heavy atom. The number of carboxylic acid groups (broad SMARTS) is 1. The molecule has 0 bridgehead atoms. The number of thiophene rings is 1. The Labute approximate surface area is 124 Å². The van der Waals surface area contributed by atoms with Crippen molar-refractivity contribution >= 4 is 29.3 Å². The van der Waals surface area contributed by atoms with Crippen molar-refractivity contribution in [2.45, 2.75) is 20.0 Å². The maximum Gasteiger partial charge on any atom is 0.328 e. The molecule has 2 heterocycles. The van der Waals surface area contributed by atoms with Gasteiger partial charge in [0, 0.05) is 17.5 Å². The van der Waals surface area contributed by atoms with E-state index in [4.69, 9.17) is 5.11 Å². The molecule has 0 saturated heterocycles. The zero-order valence-corrected chi connectivity index (χ0v) is 12.1. The average Bonchev–Trinajstić information content (AvgIpc) is 3.11. The minimum atomic E-state index is -1.02. The Kier molecular flexibility index (Phi) is 4.83. The molecule has 0 aliphatic carbocycles. The second kappa shape index (κ2) is 6.80. The van der Waals surface area contributed by atoms with Gasteiger partial charge < -0.3 is 15.0 Å². The van der Waals surface area contributed by atoms with Crippen LogP contribution in [0.2, 0.25) is 0 Å². The molecule has 0 fully saturated rings. The maximum atomic E-state index is 12.0. The van der Waals surface area contributed by atoms with Crippen LogP contribution in [0.3, 0.4) is 0 Å². The summed E-state index contributed by atoms with van der Waals surface area (Å²) in [6.07, 6.45) is 4.11. The molecule has 8 heteroatoms. The number of rotatable bonds is 6. The van der Waals surface area contributed by atoms with Crippen LogP contribution in [0.25, 0.3) is 6.08 Å². The van der Waals surface area contributed by atoms with Gasteiger partial charge >= 0.3 is 5.97 Å². The third-order valence-corrected chi connectivity index (χ3v) is 3.73. The highest BCUT2D eigenvalue weighted by atomic mass is 32.1. The molecule has 0 aliphatic heterocycles. The zero-order valence-electron chi connectivity index (χ0n) is 11.3. The highest BCUT2D eigenvalue weighted by Crippen LogP contribution is 2.17. The Morgan fingerprint density at radius 2 is 2.29 bits per heavy atom. The van der Waals surface area contributed by atoms with E-state index in [1.165, 1.54) is 17.4 Å². The van der Waals surface area contributed by atoms with Crippen molar-refractivity contribution in [1.82, 2.24) is 20.1 Å². The van der Waals surface area contributed by atoms with Gasteiger partial charge in [-0.1, -0.05) is 0 Å². The molecular formula is C13H14N4O3S. The molecule has 110 valence electrons. The van der Waals surface area contributed by atoms with Crippen LogP contribution in [-0.2, 0) is 17.9 Å². The molecule has 0 atom stereocenters. The van der Waals surface area contributed by atoms with E-state index in [2.05, 4.69) is 15.5 Å². The molecule has 0 radical (unpaired) electrons. The minimum Gasteiger partial charge on any atom is -0.478 e. The summed E-state index contributed by atoms with van der Waals surface area (Å²) in [4.78, 5) is 23.6. The van der Waals surface area contributed by atoms with Crippen LogP contribution in [0.4, 0.5) is 0 Å². The Hall–Kier alpha value is -2.48. The van der Waals surface area contributed by atoms with E-state index in [9.17, 15) is 9.59 Å². The van der Waals surface area contributed by atoms with Gasteiger partial charge in [0.15, 0.2) is 5.82 Å². The predicted molar refractivity (Wildman–Crippen MR) is 77.9 cm³/mol. The number of aliphatic carboxylic acids is 1. The van der Waals surface area contributed by atoms with Gasteiger partial charge in [-0.15, -0.1) is 21.5 Å². The van der Waals surface area contributed by atoms with Crippen molar-refractivity contribution in [3.8, 4) is 0 Å². The number of carbonyl (C=O) groups excluding carboxylic acids is 1. The second-order valence-electron chi connectivity index (χ2n) is 4.09. The molecule has 2 aromatic heterocycles. The normalized spacial score (nSPS) is 10.9. The molecule has 2 aromatic rings. The SMILES string of the molecule is CCn1cnnc1CNC(=O)c1ccc(/C=C/C(=O)O)s1. The fourth-order valence-electron chi connectivity index (χ4n) is 1.64. The molecule has 0 spiro atoms. The first-order valence-electron chi connectivity index (χ1n) is 6.26. The Balaban J connectivity index is 1.96. The summed E-state index contributed by atoms with van der Waals surface area (Å²) >= 11 is 1.23. The quantitative estimate of drug-likeness (QED) is 0.786. The molecule has 0 aliphatic rings. The smallest absolute Gasteiger partial charge is 0.328 e. The van der Waals surface area contributed by atoms with E-state index in [0.29, 0.717) is 22.1 Å². The fourth-order valence-corrected chi connectivity index (χ4v) is 2.47. The van der Waals surface area contributed by atoms with E-state index in [-0.39, 0.29) is 5.91 Å². The minimum absolute atomic E-state index is 0.222. The van der Waals surface area contributed by atoms with Crippen molar-refractivity contribution in [3.63, 3.8) is 0 Å². The van der Waals surface area contributed by atoms with E-state index < -0.39 is 5.97 Å². The van der Waals surface area contributed by atoms with Gasteiger partial charge in [-0.2, -0.15) is 0 Å². The van der Waals surface area contributed by atoms with E-state index in [0.717, 1.165) is 12.6 Å². The number of hydrogen-bond acceptors (Lipinski definition) is 5. The number of nitrogens with zero attached hydrogens (tertiary/aromatic N) is 3. The summed E-state index contributed by atoms with van der Waals surface area (Å²) in [7, 11) is 0. The van der Waals surface area contributed by atoms with Crippen molar-refractivity contribution < 1.29 is 14.7 Å². The number of carboxylic acids is 1. The lowest BCUT2D eigenvalue weighted by atomic mass is 10.4. The first kappa shape index (κ1) is 14.9. The van der Waals surface area contributed by atoms with Gasteiger partial charge in [0.05, 0.1) is 11.4 Å². The van der Waals surface area contributed by atoms with Crippen molar-refractivity contribution in [1.29, 1.82) is 0 Å². The molecule has 1 amide bonds. The summed E-state index contributed by atoms with van der Waals surface area (Å²) in [6, 6.07) is 3.36. The predicted octanol–water partition coefficient (Wildman–Crippen LogP) is 1.39. The summed E-state index contributed by atoms with van der Waals surface area (Å²) < 4.78 is 1.84. The molecule has 0 unspecified atom stereocenters. The van der Waals surface area contributed by atoms with Gasteiger partial charge in [0.25, 0.3) is 5.91 Å². The summed E-state index contributed by atoms with van der Waals surface area (Å²) in [6.45, 7) is 3.00. The number of carbonyl (C=O) groups is 2. The molecule has 7 nitrogen and oxygen atoms in total. The topological polar surface area (TPSA) is 97.1 Å². The third-order valence-electron chi connectivity index (χ3n) is 2.68. The molecule has 0 saturated carbocycles.